The largest absolute Gasteiger partial charge is 0.438 e. The van der Waals surface area contributed by atoms with Crippen LogP contribution >= 0.6 is 0 Å². The molecule has 2 aromatic rings. The Morgan fingerprint density at radius 1 is 1.00 bits per heavy atom. The van der Waals surface area contributed by atoms with Crippen LogP contribution in [0.15, 0.2) is 84.6 Å². The molecule has 1 amide bonds. The number of methoxy groups -OCH3 is 1. The summed E-state index contributed by atoms with van der Waals surface area (Å²) in [6.07, 6.45) is 5.06. The lowest BCUT2D eigenvalue weighted by atomic mass is 9.93. The molecule has 132 valence electrons. The van der Waals surface area contributed by atoms with E-state index in [0.29, 0.717) is 0 Å². The highest BCUT2D eigenvalue weighted by atomic mass is 16.6. The Bertz CT molecular complexity index is 859. The van der Waals surface area contributed by atoms with E-state index in [-0.39, 0.29) is 18.2 Å². The maximum absolute atomic E-state index is 12.9. The minimum atomic E-state index is -0.655. The lowest BCUT2D eigenvalue weighted by Crippen LogP contribution is -2.39. The third kappa shape index (κ3) is 2.63. The summed E-state index contributed by atoms with van der Waals surface area (Å²) in [5.41, 5.74) is 2.14. The lowest BCUT2D eigenvalue weighted by Gasteiger charge is -2.33. The molecule has 1 saturated heterocycles. The van der Waals surface area contributed by atoms with Crippen LogP contribution in [0.5, 0.6) is 0 Å². The van der Waals surface area contributed by atoms with Crippen LogP contribution in [0.4, 0.5) is 4.79 Å². The summed E-state index contributed by atoms with van der Waals surface area (Å²) in [7, 11) is 1.65. The minimum Gasteiger partial charge on any atom is -0.438 e. The summed E-state index contributed by atoms with van der Waals surface area (Å²) >= 11 is 0. The van der Waals surface area contributed by atoms with Crippen LogP contribution < -0.4 is 0 Å². The molecule has 4 heteroatoms. The molecule has 1 fully saturated rings. The van der Waals surface area contributed by atoms with Gasteiger partial charge in [-0.2, -0.15) is 0 Å². The van der Waals surface area contributed by atoms with Crippen molar-refractivity contribution in [3.05, 3.63) is 95.7 Å². The molecule has 4 nitrogen and oxygen atoms in total. The number of allylic oxidation sites excluding steroid dienone is 2. The second kappa shape index (κ2) is 6.46. The van der Waals surface area contributed by atoms with Gasteiger partial charge < -0.3 is 9.47 Å². The predicted octanol–water partition coefficient (Wildman–Crippen LogP) is 4.78. The molecule has 0 N–H and O–H groups in total. The first kappa shape index (κ1) is 16.6. The molecule has 4 rings (SSSR count). The number of hydrogen-bond acceptors (Lipinski definition) is 3. The van der Waals surface area contributed by atoms with E-state index in [2.05, 4.69) is 0 Å². The second-order valence-corrected chi connectivity index (χ2v) is 6.66. The van der Waals surface area contributed by atoms with Crippen molar-refractivity contribution in [2.24, 2.45) is 0 Å². The molecule has 0 spiro atoms. The first-order chi connectivity index (χ1) is 12.6. The molecule has 2 aliphatic rings. The van der Waals surface area contributed by atoms with Crippen molar-refractivity contribution in [1.82, 2.24) is 4.90 Å². The zero-order valence-corrected chi connectivity index (χ0v) is 14.8. The number of amides is 1. The van der Waals surface area contributed by atoms with E-state index in [1.54, 1.807) is 12.0 Å². The highest BCUT2D eigenvalue weighted by Gasteiger charge is 2.49. The van der Waals surface area contributed by atoms with Gasteiger partial charge in [0.1, 0.15) is 11.6 Å². The monoisotopic (exact) mass is 347 g/mol. The fourth-order valence-corrected chi connectivity index (χ4v) is 3.66. The van der Waals surface area contributed by atoms with Crippen LogP contribution in [0, 0.1) is 0 Å². The number of cyclic esters (lactones) is 1. The Kier molecular flexibility index (Phi) is 4.13. The van der Waals surface area contributed by atoms with Gasteiger partial charge in [0.05, 0.1) is 5.70 Å². The van der Waals surface area contributed by atoms with Gasteiger partial charge in [-0.25, -0.2) is 4.79 Å². The van der Waals surface area contributed by atoms with Gasteiger partial charge in [0.2, 0.25) is 0 Å². The topological polar surface area (TPSA) is 38.8 Å². The van der Waals surface area contributed by atoms with Gasteiger partial charge in [-0.15, -0.1) is 0 Å². The molecular formula is C22H21NO3. The lowest BCUT2D eigenvalue weighted by molar-refractivity contribution is 0.0574. The average molecular weight is 347 g/mol. The summed E-state index contributed by atoms with van der Waals surface area (Å²) in [6.45, 7) is 1.95. The molecule has 0 saturated carbocycles. The van der Waals surface area contributed by atoms with E-state index in [4.69, 9.17) is 9.47 Å². The van der Waals surface area contributed by atoms with Crippen molar-refractivity contribution in [1.29, 1.82) is 0 Å². The molecule has 0 aromatic heterocycles. The van der Waals surface area contributed by atoms with Crippen molar-refractivity contribution >= 4 is 6.09 Å². The summed E-state index contributed by atoms with van der Waals surface area (Å²) in [6, 6.07) is 19.6. The van der Waals surface area contributed by atoms with Gasteiger partial charge in [0.15, 0.2) is 6.10 Å². The third-order valence-electron chi connectivity index (χ3n) is 5.12. The number of carbonyl (C=O) groups excluding carboxylic acids is 1. The molecule has 0 bridgehead atoms. The number of nitrogens with zero attached hydrogens (tertiary/aromatic N) is 1. The van der Waals surface area contributed by atoms with Crippen molar-refractivity contribution in [2.75, 3.05) is 7.11 Å². The van der Waals surface area contributed by atoms with E-state index < -0.39 is 5.60 Å². The maximum atomic E-state index is 12.9. The van der Waals surface area contributed by atoms with Crippen molar-refractivity contribution < 1.29 is 14.3 Å². The molecule has 3 atom stereocenters. The SMILES string of the molecule is CO[C@]1(C)C=CC=C1N1C(=O)O[C@@H](c2ccccc2)[C@H]1c1ccccc1. The Morgan fingerprint density at radius 2 is 1.62 bits per heavy atom. The van der Waals surface area contributed by atoms with Gasteiger partial charge >= 0.3 is 6.09 Å². The number of benzene rings is 2. The Morgan fingerprint density at radius 3 is 2.23 bits per heavy atom. The fraction of sp³-hybridized carbons (Fsp3) is 0.227. The van der Waals surface area contributed by atoms with Gasteiger partial charge in [-0.05, 0) is 30.2 Å². The molecule has 2 aromatic carbocycles. The summed E-state index contributed by atoms with van der Waals surface area (Å²) < 4.78 is 11.5. The molecule has 0 unspecified atom stereocenters. The van der Waals surface area contributed by atoms with Crippen molar-refractivity contribution in [3.63, 3.8) is 0 Å². The Labute approximate surface area is 153 Å². The van der Waals surface area contributed by atoms with Gasteiger partial charge in [-0.3, -0.25) is 4.90 Å². The number of hydrogen-bond donors (Lipinski definition) is 0. The Balaban J connectivity index is 1.81. The summed E-state index contributed by atoms with van der Waals surface area (Å²) in [4.78, 5) is 14.6. The van der Waals surface area contributed by atoms with Crippen LogP contribution in [0.1, 0.15) is 30.2 Å². The standard InChI is InChI=1S/C22H21NO3/c1-22(25-2)15-9-14-18(22)23-19(16-10-5-3-6-11-16)20(26-21(23)24)17-12-7-4-8-13-17/h3-15,19-20H,1-2H3/t19-,20+,22-/m1/s1. The summed E-state index contributed by atoms with van der Waals surface area (Å²) in [5, 5.41) is 0. The molecule has 1 aliphatic carbocycles. The Hall–Kier alpha value is -2.85. The number of carbonyl (C=O) groups is 1. The number of rotatable bonds is 4. The molecule has 0 radical (unpaired) electrons. The normalized spacial score (nSPS) is 27.5. The van der Waals surface area contributed by atoms with E-state index in [1.165, 1.54) is 0 Å². The van der Waals surface area contributed by atoms with Gasteiger partial charge in [-0.1, -0.05) is 66.7 Å². The highest BCUT2D eigenvalue weighted by molar-refractivity contribution is 5.75. The summed E-state index contributed by atoms with van der Waals surface area (Å²) in [5.74, 6) is 0. The predicted molar refractivity (Wildman–Crippen MR) is 99.3 cm³/mol. The average Bonchev–Trinajstić information content (AvgIpc) is 3.23. The molecule has 1 aliphatic heterocycles. The van der Waals surface area contributed by atoms with Crippen LogP contribution in [0.3, 0.4) is 0 Å². The first-order valence-corrected chi connectivity index (χ1v) is 8.69. The fourth-order valence-electron chi connectivity index (χ4n) is 3.66. The minimum absolute atomic E-state index is 0.258. The van der Waals surface area contributed by atoms with Crippen LogP contribution in [0.2, 0.25) is 0 Å². The van der Waals surface area contributed by atoms with Crippen LogP contribution in [-0.4, -0.2) is 23.7 Å². The van der Waals surface area contributed by atoms with Crippen molar-refractivity contribution in [2.45, 2.75) is 24.7 Å². The van der Waals surface area contributed by atoms with E-state index in [9.17, 15) is 4.79 Å². The smallest absolute Gasteiger partial charge is 0.415 e. The maximum Gasteiger partial charge on any atom is 0.415 e. The van der Waals surface area contributed by atoms with E-state index in [1.807, 2.05) is 85.8 Å². The van der Waals surface area contributed by atoms with E-state index >= 15 is 0 Å². The zero-order chi connectivity index (χ0) is 18.1. The van der Waals surface area contributed by atoms with Gasteiger partial charge in [0, 0.05) is 7.11 Å². The van der Waals surface area contributed by atoms with E-state index in [0.717, 1.165) is 16.8 Å². The zero-order valence-electron chi connectivity index (χ0n) is 14.8. The molecule has 26 heavy (non-hydrogen) atoms. The quantitative estimate of drug-likeness (QED) is 0.799. The van der Waals surface area contributed by atoms with Crippen molar-refractivity contribution in [3.8, 4) is 0 Å². The van der Waals surface area contributed by atoms with Gasteiger partial charge in [0.25, 0.3) is 0 Å². The van der Waals surface area contributed by atoms with Crippen LogP contribution in [-0.2, 0) is 9.47 Å². The molecular weight excluding hydrogens is 326 g/mol. The number of ether oxygens (including phenoxy) is 2. The first-order valence-electron chi connectivity index (χ1n) is 8.69. The van der Waals surface area contributed by atoms with Crippen LogP contribution in [0.25, 0.3) is 0 Å². The third-order valence-corrected chi connectivity index (χ3v) is 5.12. The second-order valence-electron chi connectivity index (χ2n) is 6.66. The highest BCUT2D eigenvalue weighted by Crippen LogP contribution is 2.48. The molecule has 1 heterocycles.